The summed E-state index contributed by atoms with van der Waals surface area (Å²) in [7, 11) is 0. The van der Waals surface area contributed by atoms with Crippen LogP contribution < -0.4 is 5.32 Å². The topological polar surface area (TPSA) is 46.2 Å². The second kappa shape index (κ2) is 5.92. The van der Waals surface area contributed by atoms with Gasteiger partial charge in [-0.15, -0.1) is 0 Å². The molecular weight excluding hydrogens is 298 g/mol. The van der Waals surface area contributed by atoms with Gasteiger partial charge in [0.15, 0.2) is 0 Å². The van der Waals surface area contributed by atoms with E-state index in [-0.39, 0.29) is 38.3 Å². The Hall–Kier alpha value is -0.211. The molecule has 0 bridgehead atoms. The van der Waals surface area contributed by atoms with Crippen molar-refractivity contribution in [2.45, 2.75) is 13.8 Å². The van der Waals surface area contributed by atoms with Crippen LogP contribution >= 0.6 is 0 Å². The van der Waals surface area contributed by atoms with Crippen molar-refractivity contribution in [2.24, 2.45) is 0 Å². The van der Waals surface area contributed by atoms with Crippen LogP contribution in [0, 0.1) is 0 Å². The van der Waals surface area contributed by atoms with Gasteiger partial charge in [0.2, 0.25) is 5.91 Å². The van der Waals surface area contributed by atoms with Gasteiger partial charge in [0, 0.05) is 6.92 Å². The Morgan fingerprint density at radius 1 is 1.33 bits per heavy atom. The van der Waals surface area contributed by atoms with E-state index in [1.165, 1.54) is 13.8 Å². The number of ketones is 1. The summed E-state index contributed by atoms with van der Waals surface area (Å²) in [6.07, 6.45) is 0. The van der Waals surface area contributed by atoms with Crippen LogP contribution in [-0.2, 0) is 29.7 Å². The van der Waals surface area contributed by atoms with Crippen LogP contribution in [0.5, 0.6) is 0 Å². The molecule has 0 atom stereocenters. The van der Waals surface area contributed by atoms with Crippen LogP contribution in [0.3, 0.4) is 0 Å². The molecule has 0 spiro atoms. The maximum Gasteiger partial charge on any atom is 3.00 e. The van der Waals surface area contributed by atoms with Gasteiger partial charge in [-0.3, -0.25) is 9.59 Å². The summed E-state index contributed by atoms with van der Waals surface area (Å²) in [6, 6.07) is 0. The number of carbonyl (C=O) groups is 2. The third kappa shape index (κ3) is 11.4. The summed E-state index contributed by atoms with van der Waals surface area (Å²) < 4.78 is 0. The first-order valence-electron chi connectivity index (χ1n) is 2.37. The van der Waals surface area contributed by atoms with Gasteiger partial charge in [-0.1, -0.05) is 0 Å². The van der Waals surface area contributed by atoms with Crippen LogP contribution in [0.25, 0.3) is 0 Å². The SMILES string of the molecule is CC(=O)CNC(C)=O.[Ir+3]. The van der Waals surface area contributed by atoms with Gasteiger partial charge in [-0.25, -0.2) is 0 Å². The molecule has 0 fully saturated rings. The number of hydrogen-bond donors (Lipinski definition) is 1. The number of amides is 1. The van der Waals surface area contributed by atoms with Crippen molar-refractivity contribution in [3.05, 3.63) is 0 Å². The molecule has 0 saturated carbocycles. The molecule has 0 aliphatic rings. The van der Waals surface area contributed by atoms with E-state index in [0.717, 1.165) is 0 Å². The Bertz CT molecular complexity index is 99.5. The van der Waals surface area contributed by atoms with E-state index >= 15 is 0 Å². The third-order valence-electron chi connectivity index (χ3n) is 0.586. The summed E-state index contributed by atoms with van der Waals surface area (Å²) in [6.45, 7) is 2.95. The zero-order valence-corrected chi connectivity index (χ0v) is 7.75. The predicted octanol–water partition coefficient (Wildman–Crippen LogP) is -0.291. The smallest absolute Gasteiger partial charge is 0.349 e. The molecule has 0 unspecified atom stereocenters. The number of Topliss-reactive ketones (excluding diaryl/α,β-unsaturated/α-hetero) is 1. The molecule has 0 aliphatic carbocycles. The van der Waals surface area contributed by atoms with Gasteiger partial charge in [-0.05, 0) is 6.92 Å². The van der Waals surface area contributed by atoms with Crippen LogP contribution in [-0.4, -0.2) is 18.2 Å². The van der Waals surface area contributed by atoms with E-state index in [4.69, 9.17) is 0 Å². The molecular formula is C5H9IrNO2+3. The Labute approximate surface area is 67.6 Å². The minimum absolute atomic E-state index is 0. The first-order valence-corrected chi connectivity index (χ1v) is 2.37. The van der Waals surface area contributed by atoms with Crippen molar-refractivity contribution in [1.82, 2.24) is 5.32 Å². The number of carbonyl (C=O) groups excluding carboxylic acids is 2. The van der Waals surface area contributed by atoms with Gasteiger partial charge >= 0.3 is 20.1 Å². The fraction of sp³-hybridized carbons (Fsp3) is 0.600. The molecule has 3 nitrogen and oxygen atoms in total. The van der Waals surface area contributed by atoms with Gasteiger partial charge in [0.1, 0.15) is 5.78 Å². The Balaban J connectivity index is 0. The van der Waals surface area contributed by atoms with Crippen molar-refractivity contribution < 1.29 is 29.7 Å². The molecule has 0 radical (unpaired) electrons. The van der Waals surface area contributed by atoms with E-state index < -0.39 is 0 Å². The molecule has 0 rings (SSSR count). The molecule has 0 aromatic rings. The Kier molecular flexibility index (Phi) is 7.61. The minimum Gasteiger partial charge on any atom is -0.349 e. The van der Waals surface area contributed by atoms with E-state index in [0.29, 0.717) is 0 Å². The first kappa shape index (κ1) is 11.6. The summed E-state index contributed by atoms with van der Waals surface area (Å²) in [4.78, 5) is 20.2. The molecule has 0 aromatic heterocycles. The average Bonchev–Trinajstić information content (AvgIpc) is 1.61. The maximum atomic E-state index is 10.1. The Morgan fingerprint density at radius 3 is 1.89 bits per heavy atom. The van der Waals surface area contributed by atoms with Crippen molar-refractivity contribution >= 4 is 11.7 Å². The van der Waals surface area contributed by atoms with Gasteiger partial charge < -0.3 is 5.32 Å². The zero-order valence-electron chi connectivity index (χ0n) is 5.36. The van der Waals surface area contributed by atoms with E-state index in [2.05, 4.69) is 5.32 Å². The number of hydrogen-bond acceptors (Lipinski definition) is 2. The monoisotopic (exact) mass is 308 g/mol. The fourth-order valence-corrected chi connectivity index (χ4v) is 0.249. The molecule has 1 amide bonds. The van der Waals surface area contributed by atoms with Gasteiger partial charge in [0.25, 0.3) is 0 Å². The summed E-state index contributed by atoms with van der Waals surface area (Å²) in [5.41, 5.74) is 0. The predicted molar refractivity (Wildman–Crippen MR) is 29.4 cm³/mol. The van der Waals surface area contributed by atoms with E-state index in [1.807, 2.05) is 0 Å². The van der Waals surface area contributed by atoms with Crippen LogP contribution in [0.1, 0.15) is 13.8 Å². The third-order valence-corrected chi connectivity index (χ3v) is 0.586. The zero-order chi connectivity index (χ0) is 6.57. The first-order chi connectivity index (χ1) is 3.63. The second-order valence-electron chi connectivity index (χ2n) is 1.61. The van der Waals surface area contributed by atoms with E-state index in [9.17, 15) is 9.59 Å². The van der Waals surface area contributed by atoms with Crippen LogP contribution in [0.4, 0.5) is 0 Å². The molecule has 1 N–H and O–H groups in total. The fourth-order valence-electron chi connectivity index (χ4n) is 0.249. The second-order valence-corrected chi connectivity index (χ2v) is 1.61. The quantitative estimate of drug-likeness (QED) is 0.762. The maximum absolute atomic E-state index is 10.1. The van der Waals surface area contributed by atoms with Crippen LogP contribution in [0.2, 0.25) is 0 Å². The molecule has 52 valence electrons. The summed E-state index contributed by atoms with van der Waals surface area (Å²) in [5.74, 6) is -0.194. The van der Waals surface area contributed by atoms with Crippen molar-refractivity contribution in [3.8, 4) is 0 Å². The standard InChI is InChI=1S/C5H9NO2.Ir/c1-4(7)3-6-5(2)8;/h3H2,1-2H3,(H,6,8);/q;+3. The largest absolute Gasteiger partial charge is 3.00 e. The molecule has 0 aliphatic heterocycles. The molecule has 0 aromatic carbocycles. The normalized spacial score (nSPS) is 7.33. The molecule has 9 heavy (non-hydrogen) atoms. The van der Waals surface area contributed by atoms with Gasteiger partial charge in [0.05, 0.1) is 6.54 Å². The van der Waals surface area contributed by atoms with Crippen LogP contribution in [0.15, 0.2) is 0 Å². The minimum atomic E-state index is -0.166. The molecule has 4 heteroatoms. The Morgan fingerprint density at radius 2 is 1.78 bits per heavy atom. The van der Waals surface area contributed by atoms with E-state index in [1.54, 1.807) is 0 Å². The van der Waals surface area contributed by atoms with Gasteiger partial charge in [-0.2, -0.15) is 0 Å². The van der Waals surface area contributed by atoms with Crippen molar-refractivity contribution in [3.63, 3.8) is 0 Å². The average molecular weight is 307 g/mol. The molecule has 0 heterocycles. The molecule has 0 saturated heterocycles. The number of rotatable bonds is 2. The summed E-state index contributed by atoms with van der Waals surface area (Å²) >= 11 is 0. The van der Waals surface area contributed by atoms with Crippen molar-refractivity contribution in [1.29, 1.82) is 0 Å². The number of nitrogens with one attached hydrogen (secondary N) is 1. The summed E-state index contributed by atoms with van der Waals surface area (Å²) in [5, 5.41) is 2.36. The van der Waals surface area contributed by atoms with Crippen molar-refractivity contribution in [2.75, 3.05) is 6.54 Å².